The van der Waals surface area contributed by atoms with Gasteiger partial charge in [0, 0.05) is 17.4 Å². The Balaban J connectivity index is 1.53. The highest BCUT2D eigenvalue weighted by Crippen LogP contribution is 2.43. The van der Waals surface area contributed by atoms with Crippen LogP contribution in [0.2, 0.25) is 0 Å². The van der Waals surface area contributed by atoms with Crippen LogP contribution in [0.5, 0.6) is 5.75 Å². The van der Waals surface area contributed by atoms with Gasteiger partial charge in [0.2, 0.25) is 0 Å². The first-order valence-corrected chi connectivity index (χ1v) is 11.6. The lowest BCUT2D eigenvalue weighted by atomic mass is 10.0. The van der Waals surface area contributed by atoms with E-state index in [-0.39, 0.29) is 17.6 Å². The Morgan fingerprint density at radius 2 is 1.86 bits per heavy atom. The maximum Gasteiger partial charge on any atom is 0.335 e. The molecule has 8 heteroatoms. The van der Waals surface area contributed by atoms with Crippen molar-refractivity contribution in [3.63, 3.8) is 0 Å². The lowest BCUT2D eigenvalue weighted by Gasteiger charge is -2.26. The molecule has 2 atom stereocenters. The number of nitrogens with one attached hydrogen (secondary N) is 1. The second-order valence-corrected chi connectivity index (χ2v) is 8.39. The number of rotatable bonds is 7. The van der Waals surface area contributed by atoms with Gasteiger partial charge in [-0.25, -0.2) is 4.79 Å². The number of aromatic carboxylic acids is 1. The van der Waals surface area contributed by atoms with Crippen LogP contribution >= 0.6 is 12.2 Å². The van der Waals surface area contributed by atoms with Crippen molar-refractivity contribution in [2.45, 2.75) is 19.0 Å². The maximum atomic E-state index is 11.2. The molecule has 1 fully saturated rings. The first-order valence-electron chi connectivity index (χ1n) is 11.2. The largest absolute Gasteiger partial charge is 0.494 e. The molecule has 7 nitrogen and oxygen atoms in total. The summed E-state index contributed by atoms with van der Waals surface area (Å²) in [6.45, 7) is 2.54. The Morgan fingerprint density at radius 1 is 1.09 bits per heavy atom. The summed E-state index contributed by atoms with van der Waals surface area (Å²) < 4.78 is 11.9. The van der Waals surface area contributed by atoms with Gasteiger partial charge < -0.3 is 24.5 Å². The summed E-state index contributed by atoms with van der Waals surface area (Å²) in [6.07, 6.45) is 1.76. The van der Waals surface area contributed by atoms with Crippen molar-refractivity contribution in [2.75, 3.05) is 11.5 Å². The van der Waals surface area contributed by atoms with Gasteiger partial charge in [0.1, 0.15) is 23.3 Å². The van der Waals surface area contributed by atoms with Crippen molar-refractivity contribution in [1.29, 1.82) is 0 Å². The minimum atomic E-state index is -0.966. The van der Waals surface area contributed by atoms with Crippen molar-refractivity contribution in [1.82, 2.24) is 10.3 Å². The van der Waals surface area contributed by atoms with Gasteiger partial charge in [0.15, 0.2) is 5.11 Å². The van der Waals surface area contributed by atoms with Crippen molar-refractivity contribution in [3.05, 3.63) is 102 Å². The van der Waals surface area contributed by atoms with Gasteiger partial charge >= 0.3 is 5.97 Å². The summed E-state index contributed by atoms with van der Waals surface area (Å²) in [5.41, 5.74) is 2.76. The molecule has 2 N–H and O–H groups in total. The number of carbonyl (C=O) groups is 1. The Morgan fingerprint density at radius 3 is 2.51 bits per heavy atom. The van der Waals surface area contributed by atoms with Gasteiger partial charge in [0.05, 0.1) is 23.9 Å². The minimum Gasteiger partial charge on any atom is -0.494 e. The second kappa shape index (κ2) is 9.60. The Hall–Kier alpha value is -4.17. The van der Waals surface area contributed by atoms with Gasteiger partial charge in [-0.1, -0.05) is 18.2 Å². The lowest BCUT2D eigenvalue weighted by molar-refractivity contribution is 0.0697. The Kier molecular flexibility index (Phi) is 6.20. The fraction of sp³-hybridized carbons (Fsp3) is 0.148. The van der Waals surface area contributed by atoms with Crippen LogP contribution in [0.1, 0.15) is 40.8 Å². The summed E-state index contributed by atoms with van der Waals surface area (Å²) in [5.74, 6) is 1.17. The van der Waals surface area contributed by atoms with E-state index in [1.54, 1.807) is 30.5 Å². The molecule has 0 amide bonds. The molecule has 0 bridgehead atoms. The van der Waals surface area contributed by atoms with Gasteiger partial charge in [0.25, 0.3) is 0 Å². The fourth-order valence-corrected chi connectivity index (χ4v) is 4.58. The van der Waals surface area contributed by atoms with E-state index in [4.69, 9.17) is 21.4 Å². The number of furan rings is 1. The summed E-state index contributed by atoms with van der Waals surface area (Å²) in [7, 11) is 0. The predicted molar refractivity (Wildman–Crippen MR) is 137 cm³/mol. The average molecular weight is 486 g/mol. The first-order chi connectivity index (χ1) is 17.0. The van der Waals surface area contributed by atoms with E-state index in [1.807, 2.05) is 66.4 Å². The number of carboxylic acids is 1. The van der Waals surface area contributed by atoms with E-state index in [0.717, 1.165) is 22.7 Å². The molecule has 0 saturated carbocycles. The molecule has 0 unspecified atom stereocenters. The van der Waals surface area contributed by atoms with Crippen LogP contribution in [-0.2, 0) is 0 Å². The molecule has 4 aromatic rings. The quantitative estimate of drug-likeness (QED) is 0.326. The van der Waals surface area contributed by atoms with Crippen molar-refractivity contribution < 1.29 is 19.1 Å². The van der Waals surface area contributed by atoms with E-state index < -0.39 is 5.97 Å². The molecule has 0 spiro atoms. The third-order valence-electron chi connectivity index (χ3n) is 5.86. The second-order valence-electron chi connectivity index (χ2n) is 8.01. The first kappa shape index (κ1) is 22.6. The van der Waals surface area contributed by atoms with Crippen molar-refractivity contribution in [2.24, 2.45) is 0 Å². The molecule has 1 saturated heterocycles. The number of pyridine rings is 1. The van der Waals surface area contributed by atoms with Crippen LogP contribution in [0.4, 0.5) is 5.69 Å². The number of ether oxygens (including phenoxy) is 1. The van der Waals surface area contributed by atoms with Crippen LogP contribution in [0, 0.1) is 0 Å². The van der Waals surface area contributed by atoms with Gasteiger partial charge in [-0.2, -0.15) is 0 Å². The molecule has 35 heavy (non-hydrogen) atoms. The Labute approximate surface area is 208 Å². The molecule has 1 aliphatic heterocycles. The van der Waals surface area contributed by atoms with Crippen LogP contribution in [0.3, 0.4) is 0 Å². The Bertz CT molecular complexity index is 1340. The van der Waals surface area contributed by atoms with Crippen molar-refractivity contribution in [3.8, 4) is 17.1 Å². The molecule has 2 aromatic carbocycles. The number of hydrogen-bond donors (Lipinski definition) is 2. The number of aromatic nitrogens is 1. The number of carboxylic acid groups (broad SMARTS) is 1. The van der Waals surface area contributed by atoms with Crippen LogP contribution in [-0.4, -0.2) is 27.8 Å². The monoisotopic (exact) mass is 485 g/mol. The molecule has 1 aliphatic rings. The molecular weight excluding hydrogens is 462 g/mol. The third kappa shape index (κ3) is 4.48. The smallest absolute Gasteiger partial charge is 0.335 e. The molecule has 3 heterocycles. The highest BCUT2D eigenvalue weighted by atomic mass is 32.1. The summed E-state index contributed by atoms with van der Waals surface area (Å²) >= 11 is 5.76. The third-order valence-corrected chi connectivity index (χ3v) is 6.17. The van der Waals surface area contributed by atoms with E-state index in [9.17, 15) is 9.90 Å². The number of nitrogens with zero attached hydrogens (tertiary/aromatic N) is 2. The summed E-state index contributed by atoms with van der Waals surface area (Å²) in [6, 6.07) is 23.5. The molecule has 5 rings (SSSR count). The summed E-state index contributed by atoms with van der Waals surface area (Å²) in [5, 5.41) is 13.2. The van der Waals surface area contributed by atoms with Gasteiger partial charge in [-0.3, -0.25) is 4.98 Å². The number of thiocarbonyl (C=S) groups is 1. The molecule has 0 aliphatic carbocycles. The van der Waals surface area contributed by atoms with Crippen LogP contribution in [0.15, 0.2) is 89.5 Å². The normalized spacial score (nSPS) is 17.3. The van der Waals surface area contributed by atoms with Crippen LogP contribution in [0.25, 0.3) is 11.3 Å². The fourth-order valence-electron chi connectivity index (χ4n) is 4.24. The SMILES string of the molecule is CCOc1ccc(N2C(=S)N[C@H](c3ccccn3)[C@@H]2c2ccc(-c3ccc(C(=O)O)cc3)o2)cc1. The highest BCUT2D eigenvalue weighted by Gasteiger charge is 2.42. The topological polar surface area (TPSA) is 87.8 Å². The minimum absolute atomic E-state index is 0.225. The van der Waals surface area contributed by atoms with E-state index in [0.29, 0.717) is 23.2 Å². The molecule has 0 radical (unpaired) electrons. The zero-order chi connectivity index (χ0) is 24.4. The maximum absolute atomic E-state index is 11.2. The lowest BCUT2D eigenvalue weighted by Crippen LogP contribution is -2.29. The molecule has 176 valence electrons. The van der Waals surface area contributed by atoms with Crippen molar-refractivity contribution >= 4 is 29.0 Å². The number of anilines is 1. The number of hydrogen-bond acceptors (Lipinski definition) is 5. The standard InChI is InChI=1S/C27H23N3O4S/c1-2-33-20-12-10-19(11-13-20)30-25(24(29-27(30)35)21-5-3-4-16-28-21)23-15-14-22(34-23)17-6-8-18(9-7-17)26(31)32/h3-16,24-25H,2H2,1H3,(H,29,35)(H,31,32)/t24-,25+/m1/s1. The summed E-state index contributed by atoms with van der Waals surface area (Å²) in [4.78, 5) is 17.8. The number of benzene rings is 2. The van der Waals surface area contributed by atoms with Crippen LogP contribution < -0.4 is 15.0 Å². The average Bonchev–Trinajstić information content (AvgIpc) is 3.50. The highest BCUT2D eigenvalue weighted by molar-refractivity contribution is 7.80. The zero-order valence-corrected chi connectivity index (χ0v) is 19.7. The molecular formula is C27H23N3O4S. The predicted octanol–water partition coefficient (Wildman–Crippen LogP) is 5.62. The van der Waals surface area contributed by atoms with Gasteiger partial charge in [-0.05, 0) is 79.8 Å². The van der Waals surface area contributed by atoms with E-state index >= 15 is 0 Å². The van der Waals surface area contributed by atoms with Gasteiger partial charge in [-0.15, -0.1) is 0 Å². The van der Waals surface area contributed by atoms with E-state index in [2.05, 4.69) is 10.3 Å². The molecule has 2 aromatic heterocycles. The zero-order valence-electron chi connectivity index (χ0n) is 18.9. The van der Waals surface area contributed by atoms with E-state index in [1.165, 1.54) is 0 Å².